The molecule has 29 heavy (non-hydrogen) atoms. The Morgan fingerprint density at radius 2 is 1.90 bits per heavy atom. The average Bonchev–Trinajstić information content (AvgIpc) is 2.77. The second kappa shape index (κ2) is 8.18. The number of nitrogens with one attached hydrogen (secondary N) is 1. The van der Waals surface area contributed by atoms with Crippen molar-refractivity contribution in [1.29, 1.82) is 0 Å². The first-order valence-electron chi connectivity index (χ1n) is 9.06. The standard InChI is InChI=1S/C22H18F2N4O/c1-29-19-12-15(16-6-2-3-7-18(16)24)11-17-20(19)27-21(14-5-4-9-25-13-14)28-22(17)26-10-8-23/h2-7,9,11-13H,8,10H2,1H3,(H,26,27,28). The van der Waals surface area contributed by atoms with Crippen molar-refractivity contribution in [2.45, 2.75) is 0 Å². The summed E-state index contributed by atoms with van der Waals surface area (Å²) in [7, 11) is 1.53. The number of hydrogen-bond donors (Lipinski definition) is 1. The first-order valence-corrected chi connectivity index (χ1v) is 9.06. The molecule has 0 bridgehead atoms. The molecule has 2 heterocycles. The van der Waals surface area contributed by atoms with Crippen molar-refractivity contribution in [3.8, 4) is 28.3 Å². The summed E-state index contributed by atoms with van der Waals surface area (Å²) in [6.45, 7) is -0.470. The number of benzene rings is 2. The van der Waals surface area contributed by atoms with Gasteiger partial charge in [-0.15, -0.1) is 0 Å². The van der Waals surface area contributed by atoms with Crippen molar-refractivity contribution in [2.75, 3.05) is 25.6 Å². The summed E-state index contributed by atoms with van der Waals surface area (Å²) < 4.78 is 32.8. The zero-order chi connectivity index (χ0) is 20.2. The number of methoxy groups -OCH3 is 1. The number of ether oxygens (including phenoxy) is 1. The van der Waals surface area contributed by atoms with Crippen LogP contribution in [-0.2, 0) is 0 Å². The molecule has 2 aromatic carbocycles. The van der Waals surface area contributed by atoms with Crippen LogP contribution in [0.3, 0.4) is 0 Å². The Morgan fingerprint density at radius 3 is 2.62 bits per heavy atom. The second-order valence-electron chi connectivity index (χ2n) is 6.31. The summed E-state index contributed by atoms with van der Waals surface area (Å²) in [5.41, 5.74) is 2.31. The zero-order valence-corrected chi connectivity index (χ0v) is 15.7. The highest BCUT2D eigenvalue weighted by Gasteiger charge is 2.16. The van der Waals surface area contributed by atoms with E-state index in [-0.39, 0.29) is 12.4 Å². The van der Waals surface area contributed by atoms with Gasteiger partial charge in [-0.1, -0.05) is 18.2 Å². The van der Waals surface area contributed by atoms with E-state index in [1.807, 2.05) is 6.07 Å². The van der Waals surface area contributed by atoms with Crippen LogP contribution < -0.4 is 10.1 Å². The van der Waals surface area contributed by atoms with E-state index in [4.69, 9.17) is 4.74 Å². The lowest BCUT2D eigenvalue weighted by Gasteiger charge is -2.14. The molecule has 0 saturated carbocycles. The Bertz CT molecular complexity index is 1150. The zero-order valence-electron chi connectivity index (χ0n) is 15.7. The summed E-state index contributed by atoms with van der Waals surface area (Å²) in [6.07, 6.45) is 3.31. The predicted octanol–water partition coefficient (Wildman–Crippen LogP) is 4.89. The molecule has 0 unspecified atom stereocenters. The van der Waals surface area contributed by atoms with E-state index in [1.54, 1.807) is 48.8 Å². The van der Waals surface area contributed by atoms with Gasteiger partial charge in [0.2, 0.25) is 0 Å². The molecule has 0 fully saturated rings. The first-order chi connectivity index (χ1) is 14.2. The molecule has 0 amide bonds. The van der Waals surface area contributed by atoms with Crippen LogP contribution in [0.4, 0.5) is 14.6 Å². The maximum Gasteiger partial charge on any atom is 0.163 e. The lowest BCUT2D eigenvalue weighted by molar-refractivity contribution is 0.419. The number of halogens is 2. The minimum absolute atomic E-state index is 0.0881. The fourth-order valence-electron chi connectivity index (χ4n) is 3.13. The van der Waals surface area contributed by atoms with Gasteiger partial charge >= 0.3 is 0 Å². The number of aromatic nitrogens is 3. The van der Waals surface area contributed by atoms with Crippen molar-refractivity contribution in [3.63, 3.8) is 0 Å². The molecule has 2 aromatic heterocycles. The van der Waals surface area contributed by atoms with E-state index in [1.165, 1.54) is 13.2 Å². The molecule has 0 spiro atoms. The molecule has 146 valence electrons. The van der Waals surface area contributed by atoms with Crippen LogP contribution in [0, 0.1) is 5.82 Å². The Morgan fingerprint density at radius 1 is 1.03 bits per heavy atom. The smallest absolute Gasteiger partial charge is 0.163 e. The SMILES string of the molecule is COc1cc(-c2ccccc2F)cc2c(NCCF)nc(-c3cccnc3)nc12. The quantitative estimate of drug-likeness (QED) is 0.506. The van der Waals surface area contributed by atoms with Crippen molar-refractivity contribution in [1.82, 2.24) is 15.0 Å². The maximum absolute atomic E-state index is 14.4. The van der Waals surface area contributed by atoms with E-state index < -0.39 is 6.67 Å². The fraction of sp³-hybridized carbons (Fsp3) is 0.136. The Labute approximate surface area is 166 Å². The van der Waals surface area contributed by atoms with Gasteiger partial charge < -0.3 is 10.1 Å². The molecule has 4 rings (SSSR count). The van der Waals surface area contributed by atoms with Gasteiger partial charge in [0.05, 0.1) is 7.11 Å². The van der Waals surface area contributed by atoms with Crippen LogP contribution in [0.25, 0.3) is 33.4 Å². The number of nitrogens with zero attached hydrogens (tertiary/aromatic N) is 3. The van der Waals surface area contributed by atoms with Crippen molar-refractivity contribution in [3.05, 3.63) is 66.7 Å². The number of anilines is 1. The Kier molecular flexibility index (Phi) is 5.29. The number of alkyl halides is 1. The molecule has 0 aliphatic rings. The summed E-state index contributed by atoms with van der Waals surface area (Å²) in [4.78, 5) is 13.3. The molecule has 7 heteroatoms. The van der Waals surface area contributed by atoms with Crippen LogP contribution in [0.2, 0.25) is 0 Å². The summed E-state index contributed by atoms with van der Waals surface area (Å²) in [5, 5.41) is 3.61. The molecule has 0 radical (unpaired) electrons. The Hall–Kier alpha value is -3.61. The topological polar surface area (TPSA) is 59.9 Å². The van der Waals surface area contributed by atoms with Gasteiger partial charge in [0.1, 0.15) is 29.6 Å². The van der Waals surface area contributed by atoms with Crippen LogP contribution in [0.5, 0.6) is 5.75 Å². The van der Waals surface area contributed by atoms with Gasteiger partial charge in [-0.3, -0.25) is 4.98 Å². The highest BCUT2D eigenvalue weighted by Crippen LogP contribution is 2.36. The molecule has 1 N–H and O–H groups in total. The molecule has 0 atom stereocenters. The van der Waals surface area contributed by atoms with Crippen LogP contribution >= 0.6 is 0 Å². The van der Waals surface area contributed by atoms with Crippen LogP contribution in [-0.4, -0.2) is 35.3 Å². The third kappa shape index (κ3) is 3.71. The normalized spacial score (nSPS) is 10.9. The van der Waals surface area contributed by atoms with E-state index in [0.717, 1.165) is 5.56 Å². The molecule has 0 saturated heterocycles. The number of pyridine rings is 1. The summed E-state index contributed by atoms with van der Waals surface area (Å²) in [6, 6.07) is 13.6. The highest BCUT2D eigenvalue weighted by molar-refractivity contribution is 5.97. The van der Waals surface area contributed by atoms with E-state index in [0.29, 0.717) is 39.4 Å². The van der Waals surface area contributed by atoms with Crippen LogP contribution in [0.1, 0.15) is 0 Å². The van der Waals surface area contributed by atoms with E-state index >= 15 is 0 Å². The molecular formula is C22H18F2N4O. The molecule has 0 aliphatic carbocycles. The molecule has 0 aliphatic heterocycles. The number of hydrogen-bond acceptors (Lipinski definition) is 5. The largest absolute Gasteiger partial charge is 0.494 e. The minimum atomic E-state index is -0.558. The third-order valence-electron chi connectivity index (χ3n) is 4.48. The van der Waals surface area contributed by atoms with Gasteiger partial charge in [0.25, 0.3) is 0 Å². The van der Waals surface area contributed by atoms with Gasteiger partial charge in [0, 0.05) is 35.5 Å². The lowest BCUT2D eigenvalue weighted by atomic mass is 10.0. The summed E-state index contributed by atoms with van der Waals surface area (Å²) in [5.74, 6) is 1.00. The van der Waals surface area contributed by atoms with Crippen LogP contribution in [0.15, 0.2) is 60.9 Å². The van der Waals surface area contributed by atoms with Gasteiger partial charge in [-0.05, 0) is 35.9 Å². The maximum atomic E-state index is 14.4. The van der Waals surface area contributed by atoms with Gasteiger partial charge in [0.15, 0.2) is 5.82 Å². The molecule has 5 nitrogen and oxygen atoms in total. The first kappa shape index (κ1) is 18.7. The molecular weight excluding hydrogens is 374 g/mol. The predicted molar refractivity (Wildman–Crippen MR) is 109 cm³/mol. The number of rotatable bonds is 6. The van der Waals surface area contributed by atoms with Crippen molar-refractivity contribution < 1.29 is 13.5 Å². The fourth-order valence-corrected chi connectivity index (χ4v) is 3.13. The van der Waals surface area contributed by atoms with E-state index in [9.17, 15) is 8.78 Å². The lowest BCUT2D eigenvalue weighted by Crippen LogP contribution is -2.07. The minimum Gasteiger partial charge on any atom is -0.494 e. The molecule has 4 aromatic rings. The van der Waals surface area contributed by atoms with E-state index in [2.05, 4.69) is 20.3 Å². The Balaban J connectivity index is 1.98. The monoisotopic (exact) mass is 392 g/mol. The third-order valence-corrected chi connectivity index (χ3v) is 4.48. The number of fused-ring (bicyclic) bond motifs is 1. The second-order valence-corrected chi connectivity index (χ2v) is 6.31. The summed E-state index contributed by atoms with van der Waals surface area (Å²) >= 11 is 0. The van der Waals surface area contributed by atoms with Crippen molar-refractivity contribution >= 4 is 16.7 Å². The average molecular weight is 392 g/mol. The highest BCUT2D eigenvalue weighted by atomic mass is 19.1. The van der Waals surface area contributed by atoms with Gasteiger partial charge in [-0.25, -0.2) is 18.7 Å². The van der Waals surface area contributed by atoms with Gasteiger partial charge in [-0.2, -0.15) is 0 Å². The van der Waals surface area contributed by atoms with Crippen molar-refractivity contribution in [2.24, 2.45) is 0 Å².